The summed E-state index contributed by atoms with van der Waals surface area (Å²) in [4.78, 5) is 34.2. The summed E-state index contributed by atoms with van der Waals surface area (Å²) < 4.78 is 14.1. The van der Waals surface area contributed by atoms with Crippen molar-refractivity contribution >= 4 is 22.7 Å². The Morgan fingerprint density at radius 1 is 1.21 bits per heavy atom. The summed E-state index contributed by atoms with van der Waals surface area (Å²) in [7, 11) is 3.53. The van der Waals surface area contributed by atoms with E-state index >= 15 is 0 Å². The maximum Gasteiger partial charge on any atom is 0.270 e. The topological polar surface area (TPSA) is 59.7 Å². The van der Waals surface area contributed by atoms with Crippen molar-refractivity contribution < 1.29 is 14.0 Å². The molecule has 2 bridgehead atoms. The normalized spacial score (nSPS) is 22.5. The van der Waals surface area contributed by atoms with Crippen LogP contribution >= 0.6 is 0 Å². The fourth-order valence-electron chi connectivity index (χ4n) is 4.56. The van der Waals surface area contributed by atoms with Gasteiger partial charge in [-0.1, -0.05) is 12.1 Å². The molecule has 1 aromatic carbocycles. The predicted molar refractivity (Wildman–Crippen MR) is 106 cm³/mol. The molecule has 2 amide bonds. The van der Waals surface area contributed by atoms with Crippen molar-refractivity contribution in [3.8, 4) is 0 Å². The van der Waals surface area contributed by atoms with Crippen LogP contribution in [0, 0.1) is 18.7 Å². The van der Waals surface area contributed by atoms with Crippen LogP contribution in [0.3, 0.4) is 0 Å². The number of likely N-dealkylation sites (N-methyl/N-ethyl adjacent to an activating group) is 1. The number of aromatic amines is 1. The van der Waals surface area contributed by atoms with Gasteiger partial charge in [-0.3, -0.25) is 14.5 Å². The molecule has 4 heterocycles. The lowest BCUT2D eigenvalue weighted by molar-refractivity contribution is -0.129. The number of carbonyl (C=O) groups is 2. The van der Waals surface area contributed by atoms with E-state index in [4.69, 9.17) is 0 Å². The number of aromatic nitrogens is 1. The molecule has 1 aromatic heterocycles. The monoisotopic (exact) mass is 386 g/mol. The van der Waals surface area contributed by atoms with Gasteiger partial charge in [-0.15, -0.1) is 0 Å². The van der Waals surface area contributed by atoms with Crippen LogP contribution < -0.4 is 0 Å². The molecule has 2 unspecified atom stereocenters. The second-order valence-corrected chi connectivity index (χ2v) is 8.32. The number of aryl methyl sites for hydroxylation is 1. The number of nitrogens with zero attached hydrogens (tertiary/aromatic N) is 3. The molecule has 3 saturated heterocycles. The van der Waals surface area contributed by atoms with E-state index in [1.165, 1.54) is 6.07 Å². The van der Waals surface area contributed by atoms with Gasteiger partial charge in [0.05, 0.1) is 12.1 Å². The van der Waals surface area contributed by atoms with E-state index in [0.29, 0.717) is 36.8 Å². The van der Waals surface area contributed by atoms with Crippen molar-refractivity contribution in [3.63, 3.8) is 0 Å². The third kappa shape index (κ3) is 3.28. The van der Waals surface area contributed by atoms with E-state index in [1.54, 1.807) is 25.1 Å². The van der Waals surface area contributed by atoms with Gasteiger partial charge in [-0.2, -0.15) is 0 Å². The van der Waals surface area contributed by atoms with Crippen molar-refractivity contribution in [2.24, 2.45) is 5.92 Å². The van der Waals surface area contributed by atoms with Gasteiger partial charge < -0.3 is 14.8 Å². The van der Waals surface area contributed by atoms with Crippen LogP contribution in [0.5, 0.6) is 0 Å². The molecule has 2 atom stereocenters. The van der Waals surface area contributed by atoms with Crippen molar-refractivity contribution in [2.75, 3.05) is 40.3 Å². The molecule has 3 fully saturated rings. The molecular weight excluding hydrogens is 359 g/mol. The minimum Gasteiger partial charge on any atom is -0.348 e. The first-order valence-electron chi connectivity index (χ1n) is 9.85. The largest absolute Gasteiger partial charge is 0.348 e. The molecule has 1 N–H and O–H groups in total. The lowest BCUT2D eigenvalue weighted by atomic mass is 9.94. The molecule has 0 radical (unpaired) electrons. The quantitative estimate of drug-likeness (QED) is 0.880. The number of hydrogen-bond donors (Lipinski definition) is 1. The summed E-state index contributed by atoms with van der Waals surface area (Å²) in [5.74, 6) is 0.0363. The lowest BCUT2D eigenvalue weighted by Gasteiger charge is -2.36. The summed E-state index contributed by atoms with van der Waals surface area (Å²) in [6.07, 6.45) is 2.01. The highest BCUT2D eigenvalue weighted by Gasteiger charge is 2.38. The van der Waals surface area contributed by atoms with Gasteiger partial charge >= 0.3 is 0 Å². The van der Waals surface area contributed by atoms with E-state index in [9.17, 15) is 14.0 Å². The predicted octanol–water partition coefficient (Wildman–Crippen LogP) is 2.24. The second-order valence-electron chi connectivity index (χ2n) is 8.32. The van der Waals surface area contributed by atoms with Crippen LogP contribution in [0.1, 0.15) is 28.9 Å². The zero-order valence-electron chi connectivity index (χ0n) is 16.7. The maximum atomic E-state index is 14.1. The number of piperidine rings is 1. The number of hydrogen-bond acceptors (Lipinski definition) is 3. The molecule has 0 saturated carbocycles. The number of rotatable bonds is 3. The molecule has 3 aliphatic rings. The van der Waals surface area contributed by atoms with Gasteiger partial charge in [0, 0.05) is 45.2 Å². The summed E-state index contributed by atoms with van der Waals surface area (Å²) in [5.41, 5.74) is 1.66. The Balaban J connectivity index is 1.58. The Kier molecular flexibility index (Phi) is 4.87. The SMILES string of the molecule is Cc1c(C(=O)N2CC3CCC2CN(CC(=O)N(C)C)C3)[nH]c2c(F)cccc12. The molecule has 0 aliphatic carbocycles. The van der Waals surface area contributed by atoms with Crippen LogP contribution in [-0.4, -0.2) is 77.8 Å². The first kappa shape index (κ1) is 18.9. The van der Waals surface area contributed by atoms with Gasteiger partial charge in [0.2, 0.25) is 5.91 Å². The number of halogens is 1. The van der Waals surface area contributed by atoms with Gasteiger partial charge in [0.1, 0.15) is 11.5 Å². The van der Waals surface area contributed by atoms with Crippen LogP contribution in [0.15, 0.2) is 18.2 Å². The number of amides is 2. The van der Waals surface area contributed by atoms with Gasteiger partial charge in [-0.05, 0) is 37.3 Å². The Morgan fingerprint density at radius 2 is 2.00 bits per heavy atom. The number of fused-ring (bicyclic) bond motifs is 5. The smallest absolute Gasteiger partial charge is 0.270 e. The third-order valence-electron chi connectivity index (χ3n) is 6.16. The highest BCUT2D eigenvalue weighted by molar-refractivity contribution is 6.01. The van der Waals surface area contributed by atoms with E-state index < -0.39 is 0 Å². The first-order chi connectivity index (χ1) is 13.3. The molecule has 0 spiro atoms. The Labute approximate surface area is 164 Å². The van der Waals surface area contributed by atoms with Crippen LogP contribution in [0.25, 0.3) is 10.9 Å². The number of carbonyl (C=O) groups excluding carboxylic acids is 2. The van der Waals surface area contributed by atoms with Crippen LogP contribution in [-0.2, 0) is 4.79 Å². The summed E-state index contributed by atoms with van der Waals surface area (Å²) >= 11 is 0. The van der Waals surface area contributed by atoms with Crippen LogP contribution in [0.4, 0.5) is 4.39 Å². The maximum absolute atomic E-state index is 14.1. The number of nitrogens with one attached hydrogen (secondary N) is 1. The Morgan fingerprint density at radius 3 is 2.71 bits per heavy atom. The standard InChI is InChI=1S/C21H27FN4O2/c1-13-16-5-4-6-17(22)20(16)23-19(13)21(28)26-10-14-7-8-15(26)11-25(9-14)12-18(27)24(2)3/h4-6,14-15,23H,7-12H2,1-3H3. The Hall–Kier alpha value is -2.41. The highest BCUT2D eigenvalue weighted by atomic mass is 19.1. The number of H-pyrrole nitrogens is 1. The molecule has 28 heavy (non-hydrogen) atoms. The fraction of sp³-hybridized carbons (Fsp3) is 0.524. The first-order valence-corrected chi connectivity index (χ1v) is 9.85. The van der Waals surface area contributed by atoms with E-state index in [-0.39, 0.29) is 23.7 Å². The fourth-order valence-corrected chi connectivity index (χ4v) is 4.56. The molecule has 6 nitrogen and oxygen atoms in total. The van der Waals surface area contributed by atoms with Gasteiger partial charge in [-0.25, -0.2) is 4.39 Å². The molecule has 7 heteroatoms. The van der Waals surface area contributed by atoms with E-state index in [0.717, 1.165) is 30.3 Å². The zero-order chi connectivity index (χ0) is 20.0. The molecular formula is C21H27FN4O2. The van der Waals surface area contributed by atoms with Crippen molar-refractivity contribution in [2.45, 2.75) is 25.8 Å². The number of para-hydroxylation sites is 1. The highest BCUT2D eigenvalue weighted by Crippen LogP contribution is 2.31. The molecule has 150 valence electrons. The van der Waals surface area contributed by atoms with Crippen LogP contribution in [0.2, 0.25) is 0 Å². The summed E-state index contributed by atoms with van der Waals surface area (Å²) in [6.45, 7) is 4.48. The molecule has 2 aromatic rings. The molecule has 5 rings (SSSR count). The minimum atomic E-state index is -0.342. The van der Waals surface area contributed by atoms with Gasteiger partial charge in [0.15, 0.2) is 0 Å². The van der Waals surface area contributed by atoms with E-state index in [2.05, 4.69) is 9.88 Å². The average molecular weight is 386 g/mol. The lowest BCUT2D eigenvalue weighted by Crippen LogP contribution is -2.48. The van der Waals surface area contributed by atoms with Crippen molar-refractivity contribution in [3.05, 3.63) is 35.3 Å². The van der Waals surface area contributed by atoms with E-state index in [1.807, 2.05) is 17.9 Å². The van der Waals surface area contributed by atoms with Crippen molar-refractivity contribution in [1.82, 2.24) is 19.7 Å². The third-order valence-corrected chi connectivity index (χ3v) is 6.16. The average Bonchev–Trinajstić information content (AvgIpc) is 2.80. The zero-order valence-corrected chi connectivity index (χ0v) is 16.7. The Bertz CT molecular complexity index is 923. The second kappa shape index (κ2) is 7.20. The molecule has 3 aliphatic heterocycles. The number of benzene rings is 1. The van der Waals surface area contributed by atoms with Gasteiger partial charge in [0.25, 0.3) is 5.91 Å². The summed E-state index contributed by atoms with van der Waals surface area (Å²) in [5, 5.41) is 0.751. The van der Waals surface area contributed by atoms with Crippen molar-refractivity contribution in [1.29, 1.82) is 0 Å². The summed E-state index contributed by atoms with van der Waals surface area (Å²) in [6, 6.07) is 4.99. The minimum absolute atomic E-state index is 0.0661.